The van der Waals surface area contributed by atoms with Crippen molar-refractivity contribution >= 4 is 31.6 Å². The van der Waals surface area contributed by atoms with Crippen LogP contribution >= 0.6 is 11.3 Å². The van der Waals surface area contributed by atoms with Crippen LogP contribution in [0.15, 0.2) is 170 Å². The molecule has 9 aromatic rings. The Bertz CT molecular complexity index is 2580. The van der Waals surface area contributed by atoms with Gasteiger partial charge in [-0.15, -0.1) is 11.3 Å². The van der Waals surface area contributed by atoms with Gasteiger partial charge in [0.15, 0.2) is 11.6 Å². The third kappa shape index (κ3) is 5.46. The maximum atomic E-state index is 5.28. The summed E-state index contributed by atoms with van der Waals surface area (Å²) in [6.07, 6.45) is 1.94. The fraction of sp³-hybridized carbons (Fsp3) is 0. The van der Waals surface area contributed by atoms with Crippen LogP contribution in [-0.2, 0) is 0 Å². The van der Waals surface area contributed by atoms with Gasteiger partial charge in [-0.05, 0) is 28.8 Å². The molecule has 0 atom stereocenters. The minimum absolute atomic E-state index is 0.705. The molecule has 0 amide bonds. The van der Waals surface area contributed by atoms with E-state index in [4.69, 9.17) is 19.9 Å². The van der Waals surface area contributed by atoms with Crippen LogP contribution in [0.2, 0.25) is 0 Å². The van der Waals surface area contributed by atoms with Gasteiger partial charge >= 0.3 is 0 Å². The van der Waals surface area contributed by atoms with Gasteiger partial charge in [0.25, 0.3) is 0 Å². The quantitative estimate of drug-likeness (QED) is 0.181. The Morgan fingerprint density at radius 1 is 0.388 bits per heavy atom. The minimum atomic E-state index is 0.705. The summed E-state index contributed by atoms with van der Waals surface area (Å²) in [5, 5.41) is 2.25. The Kier molecular flexibility index (Phi) is 7.30. The first-order chi connectivity index (χ1) is 24.3. The van der Waals surface area contributed by atoms with E-state index in [0.29, 0.717) is 11.6 Å². The summed E-state index contributed by atoms with van der Waals surface area (Å²) >= 11 is 1.71. The molecular weight excluding hydrogens is 617 g/mol. The lowest BCUT2D eigenvalue weighted by molar-refractivity contribution is 1.18. The molecule has 0 unspecified atom stereocenters. The lowest BCUT2D eigenvalue weighted by atomic mass is 9.98. The molecule has 0 bridgehead atoms. The predicted octanol–water partition coefficient (Wildman–Crippen LogP) is 11.6. The van der Waals surface area contributed by atoms with Gasteiger partial charge in [-0.3, -0.25) is 0 Å². The summed E-state index contributed by atoms with van der Waals surface area (Å²) in [6, 6.07) is 56.5. The second kappa shape index (κ2) is 12.4. The van der Waals surface area contributed by atoms with E-state index in [9.17, 15) is 0 Å². The van der Waals surface area contributed by atoms with Crippen LogP contribution in [0.25, 0.3) is 87.8 Å². The molecule has 9 rings (SSSR count). The van der Waals surface area contributed by atoms with Crippen molar-refractivity contribution in [1.82, 2.24) is 19.9 Å². The molecule has 0 N–H and O–H groups in total. The molecule has 0 spiro atoms. The third-order valence-electron chi connectivity index (χ3n) is 8.80. The van der Waals surface area contributed by atoms with Crippen LogP contribution in [0.1, 0.15) is 0 Å². The molecule has 6 aromatic carbocycles. The number of nitrogens with zero attached hydrogens (tertiary/aromatic N) is 4. The van der Waals surface area contributed by atoms with Gasteiger partial charge < -0.3 is 0 Å². The lowest BCUT2D eigenvalue weighted by Gasteiger charge is -2.12. The van der Waals surface area contributed by atoms with E-state index in [0.717, 1.165) is 60.5 Å². The summed E-state index contributed by atoms with van der Waals surface area (Å²) in [6.45, 7) is 0. The Morgan fingerprint density at radius 2 is 0.959 bits per heavy atom. The Morgan fingerprint density at radius 3 is 1.71 bits per heavy atom. The van der Waals surface area contributed by atoms with Crippen molar-refractivity contribution in [1.29, 1.82) is 0 Å². The zero-order chi connectivity index (χ0) is 32.6. The molecule has 0 radical (unpaired) electrons. The molecule has 0 aliphatic rings. The van der Waals surface area contributed by atoms with Gasteiger partial charge in [0.1, 0.15) is 4.83 Å². The molecule has 230 valence electrons. The van der Waals surface area contributed by atoms with Crippen LogP contribution in [0.5, 0.6) is 0 Å². The standard InChI is InChI=1S/C44H28N4S/c1-4-13-29(14-5-1)34-19-12-20-35(27-34)43-47-41(39-36-21-10-11-22-38(36)49-44(39)48-43)32-25-23-30(24-26-32)37-28-45-42(33-17-8-3-9-18-33)46-40(37)31-15-6-2-7-16-31/h1-28H. The maximum Gasteiger partial charge on any atom is 0.161 e. The normalized spacial score (nSPS) is 11.3. The third-order valence-corrected chi connectivity index (χ3v) is 9.87. The van der Waals surface area contributed by atoms with E-state index in [1.807, 2.05) is 60.8 Å². The van der Waals surface area contributed by atoms with E-state index in [-0.39, 0.29) is 0 Å². The van der Waals surface area contributed by atoms with Crippen LogP contribution in [0.3, 0.4) is 0 Å². The SMILES string of the molecule is c1ccc(-c2cccc(-c3nc(-c4ccc(-c5cnc(-c6ccccc6)nc5-c5ccccc5)cc4)c4c(n3)sc3ccccc34)c2)cc1. The van der Waals surface area contributed by atoms with Gasteiger partial charge in [0.2, 0.25) is 0 Å². The van der Waals surface area contributed by atoms with Crippen LogP contribution < -0.4 is 0 Å². The summed E-state index contributed by atoms with van der Waals surface area (Å²) in [7, 11) is 0. The van der Waals surface area contributed by atoms with Gasteiger partial charge in [-0.1, -0.05) is 152 Å². The highest BCUT2D eigenvalue weighted by Gasteiger charge is 2.18. The number of aromatic nitrogens is 4. The van der Waals surface area contributed by atoms with Gasteiger partial charge in [-0.25, -0.2) is 19.9 Å². The van der Waals surface area contributed by atoms with Crippen molar-refractivity contribution in [3.8, 4) is 67.5 Å². The molecule has 0 fully saturated rings. The summed E-state index contributed by atoms with van der Waals surface area (Å²) < 4.78 is 1.20. The van der Waals surface area contributed by atoms with E-state index in [1.165, 1.54) is 15.6 Å². The fourth-order valence-corrected chi connectivity index (χ4v) is 7.45. The van der Waals surface area contributed by atoms with E-state index >= 15 is 0 Å². The van der Waals surface area contributed by atoms with E-state index in [1.54, 1.807) is 11.3 Å². The lowest BCUT2D eigenvalue weighted by Crippen LogP contribution is -1.96. The molecule has 0 saturated carbocycles. The first-order valence-corrected chi connectivity index (χ1v) is 17.0. The Balaban J connectivity index is 1.18. The molecule has 3 heterocycles. The van der Waals surface area contributed by atoms with Crippen LogP contribution in [0, 0.1) is 0 Å². The van der Waals surface area contributed by atoms with Crippen molar-refractivity contribution < 1.29 is 0 Å². The number of thiophene rings is 1. The topological polar surface area (TPSA) is 51.6 Å². The van der Waals surface area contributed by atoms with Crippen molar-refractivity contribution in [3.05, 3.63) is 170 Å². The monoisotopic (exact) mass is 644 g/mol. The average molecular weight is 645 g/mol. The molecule has 5 heteroatoms. The molecule has 0 aliphatic heterocycles. The molecule has 49 heavy (non-hydrogen) atoms. The van der Waals surface area contributed by atoms with E-state index in [2.05, 4.69) is 109 Å². The van der Waals surface area contributed by atoms with Gasteiger partial charge in [0, 0.05) is 49.5 Å². The highest BCUT2D eigenvalue weighted by atomic mass is 32.1. The fourth-order valence-electron chi connectivity index (χ4n) is 6.37. The summed E-state index contributed by atoms with van der Waals surface area (Å²) in [5.74, 6) is 1.42. The Labute approximate surface area is 288 Å². The highest BCUT2D eigenvalue weighted by molar-refractivity contribution is 7.25. The van der Waals surface area contributed by atoms with Gasteiger partial charge in [0.05, 0.1) is 11.4 Å². The summed E-state index contributed by atoms with van der Waals surface area (Å²) in [5.41, 5.74) is 10.2. The smallest absolute Gasteiger partial charge is 0.161 e. The molecule has 0 aliphatic carbocycles. The predicted molar refractivity (Wildman–Crippen MR) is 203 cm³/mol. The zero-order valence-corrected chi connectivity index (χ0v) is 27.2. The van der Waals surface area contributed by atoms with Gasteiger partial charge in [-0.2, -0.15) is 0 Å². The van der Waals surface area contributed by atoms with E-state index < -0.39 is 0 Å². The van der Waals surface area contributed by atoms with Crippen LogP contribution in [-0.4, -0.2) is 19.9 Å². The molecule has 3 aromatic heterocycles. The first kappa shape index (κ1) is 28.9. The van der Waals surface area contributed by atoms with Crippen molar-refractivity contribution in [2.75, 3.05) is 0 Å². The second-order valence-electron chi connectivity index (χ2n) is 11.9. The second-order valence-corrected chi connectivity index (χ2v) is 12.9. The van der Waals surface area contributed by atoms with Crippen LogP contribution in [0.4, 0.5) is 0 Å². The highest BCUT2D eigenvalue weighted by Crippen LogP contribution is 2.40. The molecule has 4 nitrogen and oxygen atoms in total. The average Bonchev–Trinajstić information content (AvgIpc) is 3.57. The van der Waals surface area contributed by atoms with Crippen molar-refractivity contribution in [2.24, 2.45) is 0 Å². The maximum absolute atomic E-state index is 5.28. The summed E-state index contributed by atoms with van der Waals surface area (Å²) in [4.78, 5) is 21.3. The number of hydrogen-bond donors (Lipinski definition) is 0. The Hall–Kier alpha value is -6.30. The number of hydrogen-bond acceptors (Lipinski definition) is 5. The number of benzene rings is 6. The first-order valence-electron chi connectivity index (χ1n) is 16.2. The minimum Gasteiger partial charge on any atom is -0.236 e. The van der Waals surface area contributed by atoms with Crippen molar-refractivity contribution in [3.63, 3.8) is 0 Å². The van der Waals surface area contributed by atoms with Crippen molar-refractivity contribution in [2.45, 2.75) is 0 Å². The largest absolute Gasteiger partial charge is 0.236 e. The molecular formula is C44H28N4S. The number of rotatable bonds is 6. The molecule has 0 saturated heterocycles. The number of fused-ring (bicyclic) bond motifs is 3. The zero-order valence-electron chi connectivity index (χ0n) is 26.4.